The number of nitrogens with one attached hydrogen (secondary N) is 1. The van der Waals surface area contributed by atoms with Gasteiger partial charge in [-0.3, -0.25) is 4.79 Å². The van der Waals surface area contributed by atoms with E-state index in [1.54, 1.807) is 19.1 Å². The zero-order valence-electron chi connectivity index (χ0n) is 14.3. The van der Waals surface area contributed by atoms with Gasteiger partial charge < -0.3 is 14.8 Å². The van der Waals surface area contributed by atoms with Gasteiger partial charge in [-0.05, 0) is 24.5 Å². The van der Waals surface area contributed by atoms with E-state index in [0.29, 0.717) is 5.02 Å². The molecule has 0 saturated heterocycles. The Balaban J connectivity index is 2.63. The summed E-state index contributed by atoms with van der Waals surface area (Å²) in [6, 6.07) is 7.23. The summed E-state index contributed by atoms with van der Waals surface area (Å²) in [4.78, 5) is 24.4. The van der Waals surface area contributed by atoms with Gasteiger partial charge in [-0.2, -0.15) is 0 Å². The average Bonchev–Trinajstić information content (AvgIpc) is 2.55. The molecule has 0 bridgehead atoms. The van der Waals surface area contributed by atoms with Crippen LogP contribution in [0.25, 0.3) is 0 Å². The summed E-state index contributed by atoms with van der Waals surface area (Å²) in [6.07, 6.45) is -0.115. The first kappa shape index (κ1) is 20.2. The number of amides is 1. The monoisotopic (exact) mass is 353 g/mol. The summed E-state index contributed by atoms with van der Waals surface area (Å²) in [5.74, 6) is -1.12. The molecule has 1 rings (SSSR count). The number of esters is 1. The van der Waals surface area contributed by atoms with Crippen LogP contribution in [0.3, 0.4) is 0 Å². The van der Waals surface area contributed by atoms with Gasteiger partial charge in [-0.15, -0.1) is 6.58 Å². The minimum atomic E-state index is -0.894. The van der Waals surface area contributed by atoms with E-state index >= 15 is 0 Å². The van der Waals surface area contributed by atoms with Crippen molar-refractivity contribution in [1.82, 2.24) is 5.32 Å². The van der Waals surface area contributed by atoms with E-state index in [4.69, 9.17) is 21.1 Å². The fraction of sp³-hybridized carbons (Fsp3) is 0.444. The van der Waals surface area contributed by atoms with Crippen LogP contribution >= 0.6 is 11.6 Å². The number of hydrogen-bond donors (Lipinski definition) is 1. The van der Waals surface area contributed by atoms with E-state index in [0.717, 1.165) is 5.56 Å². The molecule has 0 aliphatic carbocycles. The van der Waals surface area contributed by atoms with Gasteiger partial charge in [0, 0.05) is 11.6 Å². The summed E-state index contributed by atoms with van der Waals surface area (Å²) in [7, 11) is 0. The maximum Gasteiger partial charge on any atom is 0.335 e. The maximum absolute atomic E-state index is 12.4. The molecule has 0 fully saturated rings. The molecule has 1 amide bonds. The van der Waals surface area contributed by atoms with E-state index in [2.05, 4.69) is 11.9 Å². The van der Waals surface area contributed by atoms with E-state index in [-0.39, 0.29) is 25.0 Å². The lowest BCUT2D eigenvalue weighted by molar-refractivity contribution is -0.168. The number of carbonyl (C=O) groups excluding carboxylic acids is 2. The van der Waals surface area contributed by atoms with E-state index in [1.807, 2.05) is 32.0 Å². The molecule has 24 heavy (non-hydrogen) atoms. The Bertz CT molecular complexity index is 574. The SMILES string of the molecule is C=CCOC(C)C(=O)OC(C(=O)NCc1ccccc1Cl)C(C)C. The Labute approximate surface area is 148 Å². The first-order chi connectivity index (χ1) is 11.4. The number of rotatable bonds is 9. The van der Waals surface area contributed by atoms with E-state index < -0.39 is 18.2 Å². The standard InChI is InChI=1S/C18H24ClNO4/c1-5-10-23-13(4)18(22)24-16(12(2)3)17(21)20-11-14-8-6-7-9-15(14)19/h5-9,12-13,16H,1,10-11H2,2-4H3,(H,20,21). The number of benzene rings is 1. The molecule has 0 aliphatic rings. The van der Waals surface area contributed by atoms with Crippen molar-refractivity contribution in [3.63, 3.8) is 0 Å². The summed E-state index contributed by atoms with van der Waals surface area (Å²) < 4.78 is 10.5. The third-order valence-corrected chi connectivity index (χ3v) is 3.68. The van der Waals surface area contributed by atoms with E-state index in [9.17, 15) is 9.59 Å². The van der Waals surface area contributed by atoms with Gasteiger partial charge in [0.05, 0.1) is 6.61 Å². The fourth-order valence-electron chi connectivity index (χ4n) is 1.92. The van der Waals surface area contributed by atoms with Crippen LogP contribution in [0.4, 0.5) is 0 Å². The molecule has 6 heteroatoms. The van der Waals surface area contributed by atoms with Crippen molar-refractivity contribution in [3.05, 3.63) is 47.5 Å². The van der Waals surface area contributed by atoms with Crippen molar-refractivity contribution >= 4 is 23.5 Å². The first-order valence-corrected chi connectivity index (χ1v) is 8.18. The van der Waals surface area contributed by atoms with Crippen LogP contribution in [0.1, 0.15) is 26.3 Å². The van der Waals surface area contributed by atoms with Crippen molar-refractivity contribution in [2.24, 2.45) is 5.92 Å². The molecule has 1 aromatic rings. The van der Waals surface area contributed by atoms with Crippen LogP contribution < -0.4 is 5.32 Å². The second kappa shape index (κ2) is 10.1. The zero-order valence-corrected chi connectivity index (χ0v) is 15.0. The molecular formula is C18H24ClNO4. The largest absolute Gasteiger partial charge is 0.450 e. The molecule has 2 atom stereocenters. The molecular weight excluding hydrogens is 330 g/mol. The maximum atomic E-state index is 12.4. The minimum absolute atomic E-state index is 0.174. The van der Waals surface area contributed by atoms with Gasteiger partial charge >= 0.3 is 5.97 Å². The Morgan fingerprint density at radius 1 is 1.29 bits per heavy atom. The van der Waals surface area contributed by atoms with Crippen LogP contribution in [0.2, 0.25) is 5.02 Å². The smallest absolute Gasteiger partial charge is 0.335 e. The fourth-order valence-corrected chi connectivity index (χ4v) is 2.12. The summed E-state index contributed by atoms with van der Waals surface area (Å²) in [5.41, 5.74) is 0.795. The van der Waals surface area contributed by atoms with Crippen LogP contribution in [-0.2, 0) is 25.6 Å². The molecule has 2 unspecified atom stereocenters. The third kappa shape index (κ3) is 6.34. The lowest BCUT2D eigenvalue weighted by atomic mass is 10.1. The van der Waals surface area contributed by atoms with E-state index in [1.165, 1.54) is 0 Å². The number of ether oxygens (including phenoxy) is 2. The molecule has 132 valence electrons. The Kier molecular flexibility index (Phi) is 8.50. The molecule has 0 saturated carbocycles. The number of halogens is 1. The average molecular weight is 354 g/mol. The van der Waals surface area contributed by atoms with Crippen LogP contribution in [-0.4, -0.2) is 30.7 Å². The topological polar surface area (TPSA) is 64.6 Å². The van der Waals surface area contributed by atoms with Crippen LogP contribution in [0, 0.1) is 5.92 Å². The number of hydrogen-bond acceptors (Lipinski definition) is 4. The van der Waals surface area contributed by atoms with Gasteiger partial charge in [-0.1, -0.05) is 49.7 Å². The highest BCUT2D eigenvalue weighted by Gasteiger charge is 2.28. The normalized spacial score (nSPS) is 13.2. The highest BCUT2D eigenvalue weighted by atomic mass is 35.5. The second-order valence-corrected chi connectivity index (χ2v) is 6.08. The van der Waals surface area contributed by atoms with Gasteiger partial charge in [0.25, 0.3) is 5.91 Å². The number of carbonyl (C=O) groups is 2. The first-order valence-electron chi connectivity index (χ1n) is 7.81. The summed E-state index contributed by atoms with van der Waals surface area (Å²) >= 11 is 6.06. The predicted molar refractivity (Wildman–Crippen MR) is 93.6 cm³/mol. The Morgan fingerprint density at radius 2 is 1.96 bits per heavy atom. The third-order valence-electron chi connectivity index (χ3n) is 3.31. The molecule has 0 spiro atoms. The predicted octanol–water partition coefficient (Wildman–Crippen LogP) is 3.12. The molecule has 0 aromatic heterocycles. The van der Waals surface area contributed by atoms with Crippen LogP contribution in [0.15, 0.2) is 36.9 Å². The van der Waals surface area contributed by atoms with Crippen molar-refractivity contribution in [3.8, 4) is 0 Å². The Morgan fingerprint density at radius 3 is 2.54 bits per heavy atom. The molecule has 0 aliphatic heterocycles. The van der Waals surface area contributed by atoms with Gasteiger partial charge in [-0.25, -0.2) is 4.79 Å². The Hall–Kier alpha value is -1.85. The lowest BCUT2D eigenvalue weighted by Gasteiger charge is -2.22. The summed E-state index contributed by atoms with van der Waals surface area (Å²) in [5, 5.41) is 3.32. The van der Waals surface area contributed by atoms with Gasteiger partial charge in [0.2, 0.25) is 0 Å². The zero-order chi connectivity index (χ0) is 18.1. The highest BCUT2D eigenvalue weighted by Crippen LogP contribution is 2.15. The van der Waals surface area contributed by atoms with Crippen molar-refractivity contribution in [2.75, 3.05) is 6.61 Å². The van der Waals surface area contributed by atoms with Crippen molar-refractivity contribution in [1.29, 1.82) is 0 Å². The molecule has 5 nitrogen and oxygen atoms in total. The quantitative estimate of drug-likeness (QED) is 0.547. The van der Waals surface area contributed by atoms with Gasteiger partial charge in [0.1, 0.15) is 0 Å². The van der Waals surface area contributed by atoms with Crippen molar-refractivity contribution in [2.45, 2.75) is 39.5 Å². The second-order valence-electron chi connectivity index (χ2n) is 5.67. The summed E-state index contributed by atoms with van der Waals surface area (Å²) in [6.45, 7) is 9.21. The highest BCUT2D eigenvalue weighted by molar-refractivity contribution is 6.31. The lowest BCUT2D eigenvalue weighted by Crippen LogP contribution is -2.42. The molecule has 1 N–H and O–H groups in total. The molecule has 0 heterocycles. The molecule has 1 aromatic carbocycles. The van der Waals surface area contributed by atoms with Crippen LogP contribution in [0.5, 0.6) is 0 Å². The van der Waals surface area contributed by atoms with Gasteiger partial charge in [0.15, 0.2) is 12.2 Å². The molecule has 0 radical (unpaired) electrons. The minimum Gasteiger partial charge on any atom is -0.450 e. The van der Waals surface area contributed by atoms with Crippen molar-refractivity contribution < 1.29 is 19.1 Å².